The number of aryl methyl sites for hydroxylation is 2. The van der Waals surface area contributed by atoms with Crippen molar-refractivity contribution in [2.24, 2.45) is 0 Å². The fourth-order valence-electron chi connectivity index (χ4n) is 2.77. The highest BCUT2D eigenvalue weighted by molar-refractivity contribution is 7.13. The number of aromatic hydroxyl groups is 1. The van der Waals surface area contributed by atoms with Crippen LogP contribution in [0.15, 0.2) is 32.8 Å². The molecular weight excluding hydrogens is 322 g/mol. The number of hydrogen-bond donors (Lipinski definition) is 1. The number of benzene rings is 1. The monoisotopic (exact) mass is 343 g/mol. The fraction of sp³-hybridized carbons (Fsp3) is 0.368. The van der Waals surface area contributed by atoms with Crippen molar-refractivity contribution in [1.82, 2.24) is 4.98 Å². The number of thiazole rings is 1. The van der Waals surface area contributed by atoms with Crippen LogP contribution in [-0.2, 0) is 6.42 Å². The fourth-order valence-corrected chi connectivity index (χ4v) is 3.57. The lowest BCUT2D eigenvalue weighted by Crippen LogP contribution is -2.02. The van der Waals surface area contributed by atoms with Gasteiger partial charge in [-0.2, -0.15) is 0 Å². The zero-order valence-corrected chi connectivity index (χ0v) is 14.8. The van der Waals surface area contributed by atoms with Crippen molar-refractivity contribution in [3.63, 3.8) is 0 Å². The highest BCUT2D eigenvalue weighted by Crippen LogP contribution is 2.29. The maximum atomic E-state index is 12.2. The van der Waals surface area contributed by atoms with Gasteiger partial charge in [0.05, 0.1) is 5.56 Å². The molecule has 3 aromatic rings. The van der Waals surface area contributed by atoms with Crippen LogP contribution in [0.1, 0.15) is 43.9 Å². The van der Waals surface area contributed by atoms with Crippen LogP contribution in [0.5, 0.6) is 5.75 Å². The average Bonchev–Trinajstić information content (AvgIpc) is 2.98. The van der Waals surface area contributed by atoms with Crippen molar-refractivity contribution >= 4 is 22.3 Å². The molecule has 5 heteroatoms. The Morgan fingerprint density at radius 1 is 1.21 bits per heavy atom. The van der Waals surface area contributed by atoms with E-state index in [4.69, 9.17) is 4.42 Å². The normalized spacial score (nSPS) is 11.2. The smallest absolute Gasteiger partial charge is 0.346 e. The van der Waals surface area contributed by atoms with Gasteiger partial charge in [-0.25, -0.2) is 9.78 Å². The van der Waals surface area contributed by atoms with Crippen molar-refractivity contribution in [2.75, 3.05) is 0 Å². The molecule has 126 valence electrons. The maximum absolute atomic E-state index is 12.2. The quantitative estimate of drug-likeness (QED) is 0.502. The summed E-state index contributed by atoms with van der Waals surface area (Å²) in [6, 6.07) is 5.28. The van der Waals surface area contributed by atoms with E-state index >= 15 is 0 Å². The van der Waals surface area contributed by atoms with Crippen LogP contribution in [0.25, 0.3) is 21.5 Å². The second-order valence-corrected chi connectivity index (χ2v) is 6.93. The standard InChI is InChI=1S/C19H21NO3S/c1-3-4-5-6-7-13-8-14-9-15(18-20-12(2)11-24-18)19(22)23-17(14)10-16(13)21/h8-11,21H,3-7H2,1-2H3. The Balaban J connectivity index is 1.97. The lowest BCUT2D eigenvalue weighted by molar-refractivity contribution is 0.464. The predicted octanol–water partition coefficient (Wildman–Crippen LogP) is 5.05. The number of aromatic nitrogens is 1. The van der Waals surface area contributed by atoms with Crippen molar-refractivity contribution < 1.29 is 9.52 Å². The predicted molar refractivity (Wildman–Crippen MR) is 97.8 cm³/mol. The third-order valence-corrected chi connectivity index (χ3v) is 5.08. The van der Waals surface area contributed by atoms with Crippen LogP contribution in [0.2, 0.25) is 0 Å². The molecular formula is C19H21NO3S. The van der Waals surface area contributed by atoms with Crippen LogP contribution >= 0.6 is 11.3 Å². The van der Waals surface area contributed by atoms with Gasteiger partial charge >= 0.3 is 5.63 Å². The minimum atomic E-state index is -0.424. The Hall–Kier alpha value is -2.14. The van der Waals surface area contributed by atoms with Crippen LogP contribution in [-0.4, -0.2) is 10.1 Å². The number of phenols is 1. The Bertz CT molecular complexity index is 911. The molecule has 0 aliphatic heterocycles. The Kier molecular flexibility index (Phi) is 5.00. The summed E-state index contributed by atoms with van der Waals surface area (Å²) >= 11 is 1.43. The zero-order chi connectivity index (χ0) is 17.1. The Morgan fingerprint density at radius 2 is 2.04 bits per heavy atom. The van der Waals surface area contributed by atoms with Crippen LogP contribution in [0.3, 0.4) is 0 Å². The summed E-state index contributed by atoms with van der Waals surface area (Å²) in [7, 11) is 0. The van der Waals surface area contributed by atoms with E-state index in [0.29, 0.717) is 16.2 Å². The lowest BCUT2D eigenvalue weighted by atomic mass is 10.0. The van der Waals surface area contributed by atoms with E-state index in [-0.39, 0.29) is 5.75 Å². The van der Waals surface area contributed by atoms with E-state index in [1.807, 2.05) is 24.4 Å². The molecule has 0 amide bonds. The maximum Gasteiger partial charge on any atom is 0.346 e. The van der Waals surface area contributed by atoms with E-state index in [1.165, 1.54) is 24.2 Å². The molecule has 0 radical (unpaired) electrons. The van der Waals surface area contributed by atoms with E-state index in [2.05, 4.69) is 11.9 Å². The topological polar surface area (TPSA) is 63.3 Å². The number of fused-ring (bicyclic) bond motifs is 1. The van der Waals surface area contributed by atoms with Crippen LogP contribution in [0, 0.1) is 6.92 Å². The highest BCUT2D eigenvalue weighted by Gasteiger charge is 2.13. The lowest BCUT2D eigenvalue weighted by Gasteiger charge is -2.07. The molecule has 1 aromatic carbocycles. The summed E-state index contributed by atoms with van der Waals surface area (Å²) in [6.45, 7) is 4.08. The first-order valence-electron chi connectivity index (χ1n) is 8.30. The van der Waals surface area contributed by atoms with Crippen LogP contribution < -0.4 is 5.63 Å². The second-order valence-electron chi connectivity index (χ2n) is 6.07. The minimum Gasteiger partial charge on any atom is -0.508 e. The van der Waals surface area contributed by atoms with Crippen molar-refractivity contribution in [3.05, 3.63) is 45.3 Å². The SMILES string of the molecule is CCCCCCc1cc2cc(-c3nc(C)cs3)c(=O)oc2cc1O. The van der Waals surface area contributed by atoms with E-state index in [9.17, 15) is 9.90 Å². The van der Waals surface area contributed by atoms with E-state index < -0.39 is 5.63 Å². The summed E-state index contributed by atoms with van der Waals surface area (Å²) < 4.78 is 5.39. The first kappa shape index (κ1) is 16.7. The number of unbranched alkanes of at least 4 members (excludes halogenated alkanes) is 3. The molecule has 0 bridgehead atoms. The van der Waals surface area contributed by atoms with Crippen molar-refractivity contribution in [1.29, 1.82) is 0 Å². The second kappa shape index (κ2) is 7.18. The molecule has 0 unspecified atom stereocenters. The molecule has 24 heavy (non-hydrogen) atoms. The van der Waals surface area contributed by atoms with Crippen molar-refractivity contribution in [2.45, 2.75) is 46.0 Å². The number of nitrogens with zero attached hydrogens (tertiary/aromatic N) is 1. The highest BCUT2D eigenvalue weighted by atomic mass is 32.1. The van der Waals surface area contributed by atoms with Crippen LogP contribution in [0.4, 0.5) is 0 Å². The number of rotatable bonds is 6. The van der Waals surface area contributed by atoms with Gasteiger partial charge in [-0.3, -0.25) is 0 Å². The van der Waals surface area contributed by atoms with Gasteiger partial charge in [-0.05, 0) is 37.5 Å². The minimum absolute atomic E-state index is 0.194. The summed E-state index contributed by atoms with van der Waals surface area (Å²) in [5.74, 6) is 0.194. The van der Waals surface area contributed by atoms with Gasteiger partial charge in [0.1, 0.15) is 16.3 Å². The summed E-state index contributed by atoms with van der Waals surface area (Å²) in [6.07, 6.45) is 5.42. The molecule has 0 saturated heterocycles. The summed E-state index contributed by atoms with van der Waals surface area (Å²) in [4.78, 5) is 16.6. The average molecular weight is 343 g/mol. The van der Waals surface area contributed by atoms with Gasteiger partial charge in [0.25, 0.3) is 0 Å². The molecule has 0 spiro atoms. The molecule has 4 nitrogen and oxygen atoms in total. The Morgan fingerprint density at radius 3 is 2.75 bits per heavy atom. The van der Waals surface area contributed by atoms with Gasteiger partial charge in [-0.1, -0.05) is 26.2 Å². The van der Waals surface area contributed by atoms with E-state index in [0.717, 1.165) is 35.9 Å². The summed E-state index contributed by atoms with van der Waals surface area (Å²) in [5, 5.41) is 13.6. The van der Waals surface area contributed by atoms with Crippen molar-refractivity contribution in [3.8, 4) is 16.3 Å². The molecule has 0 aliphatic carbocycles. The van der Waals surface area contributed by atoms with Gasteiger partial charge in [0, 0.05) is 22.5 Å². The molecule has 0 saturated carbocycles. The molecule has 2 heterocycles. The molecule has 2 aromatic heterocycles. The largest absolute Gasteiger partial charge is 0.508 e. The third-order valence-electron chi connectivity index (χ3n) is 4.08. The number of phenolic OH excluding ortho intramolecular Hbond substituents is 1. The Labute approximate surface area is 144 Å². The first-order chi connectivity index (χ1) is 11.6. The zero-order valence-electron chi connectivity index (χ0n) is 14.0. The van der Waals surface area contributed by atoms with Gasteiger partial charge in [0.15, 0.2) is 0 Å². The van der Waals surface area contributed by atoms with E-state index in [1.54, 1.807) is 6.07 Å². The molecule has 0 atom stereocenters. The summed E-state index contributed by atoms with van der Waals surface area (Å²) in [5.41, 5.74) is 2.24. The molecule has 3 rings (SSSR count). The first-order valence-corrected chi connectivity index (χ1v) is 9.18. The van der Waals surface area contributed by atoms with Gasteiger partial charge < -0.3 is 9.52 Å². The number of hydrogen-bond acceptors (Lipinski definition) is 5. The molecule has 1 N–H and O–H groups in total. The molecule has 0 aliphatic rings. The molecule has 0 fully saturated rings. The van der Waals surface area contributed by atoms with Gasteiger partial charge in [-0.15, -0.1) is 11.3 Å². The van der Waals surface area contributed by atoms with Gasteiger partial charge in [0.2, 0.25) is 0 Å². The third kappa shape index (κ3) is 3.51.